The van der Waals surface area contributed by atoms with Crippen molar-refractivity contribution in [3.63, 3.8) is 0 Å². The fourth-order valence-corrected chi connectivity index (χ4v) is 1.34. The lowest BCUT2D eigenvalue weighted by Gasteiger charge is -2.31. The molecule has 0 atom stereocenters. The van der Waals surface area contributed by atoms with Gasteiger partial charge in [0.25, 0.3) is 0 Å². The Bertz CT molecular complexity index is 287. The topological polar surface area (TPSA) is 54.5 Å². The second-order valence-corrected chi connectivity index (χ2v) is 6.33. The predicted molar refractivity (Wildman–Crippen MR) is 52.2 cm³/mol. The van der Waals surface area contributed by atoms with E-state index in [0.29, 0.717) is 0 Å². The number of carbonyl (C=O) groups is 1. The van der Waals surface area contributed by atoms with E-state index in [0.717, 1.165) is 6.26 Å². The van der Waals surface area contributed by atoms with Gasteiger partial charge in [0.05, 0.1) is 0 Å². The predicted octanol–water partition coefficient (Wildman–Crippen LogP) is 0.288. The highest BCUT2D eigenvalue weighted by atomic mass is 32.2. The summed E-state index contributed by atoms with van der Waals surface area (Å²) < 4.78 is 21.7. The first kappa shape index (κ1) is 12.4. The maximum Gasteiger partial charge on any atom is 0.237 e. The molecule has 0 rings (SSSR count). The first-order chi connectivity index (χ1) is 5.54. The van der Waals surface area contributed by atoms with Crippen molar-refractivity contribution in [3.05, 3.63) is 0 Å². The number of amides is 1. The highest BCUT2D eigenvalue weighted by molar-refractivity contribution is 7.91. The van der Waals surface area contributed by atoms with Gasteiger partial charge in [-0.2, -0.15) is 0 Å². The van der Waals surface area contributed by atoms with Crippen LogP contribution in [0.4, 0.5) is 0 Å². The van der Waals surface area contributed by atoms with E-state index in [4.69, 9.17) is 0 Å². The second kappa shape index (κ2) is 3.65. The second-order valence-electron chi connectivity index (χ2n) is 4.19. The molecule has 1 amide bonds. The number of rotatable bonds is 2. The van der Waals surface area contributed by atoms with Crippen molar-refractivity contribution < 1.29 is 13.2 Å². The molecule has 0 radical (unpaired) electrons. The third-order valence-corrected chi connectivity index (χ3v) is 2.54. The largest absolute Gasteiger partial charge is 0.340 e. The molecule has 0 heterocycles. The van der Waals surface area contributed by atoms with Gasteiger partial charge in [-0.25, -0.2) is 8.42 Å². The minimum absolute atomic E-state index is 0.332. The quantitative estimate of drug-likeness (QED) is 0.654. The Morgan fingerprint density at radius 2 is 1.69 bits per heavy atom. The van der Waals surface area contributed by atoms with Crippen LogP contribution < -0.4 is 0 Å². The van der Waals surface area contributed by atoms with E-state index in [-0.39, 0.29) is 11.4 Å². The zero-order chi connectivity index (χ0) is 10.9. The molecule has 0 aromatic carbocycles. The van der Waals surface area contributed by atoms with Crippen LogP contribution in [0.1, 0.15) is 20.8 Å². The molecule has 0 aromatic rings. The van der Waals surface area contributed by atoms with Crippen molar-refractivity contribution in [1.29, 1.82) is 0 Å². The number of nitrogens with zero attached hydrogens (tertiary/aromatic N) is 1. The Balaban J connectivity index is 4.48. The summed E-state index contributed by atoms with van der Waals surface area (Å²) in [5.41, 5.74) is -0.332. The van der Waals surface area contributed by atoms with Gasteiger partial charge in [-0.05, 0) is 20.8 Å². The molecule has 0 aliphatic heterocycles. The van der Waals surface area contributed by atoms with E-state index < -0.39 is 15.6 Å². The first-order valence-electron chi connectivity index (χ1n) is 3.98. The summed E-state index contributed by atoms with van der Waals surface area (Å²) in [6.45, 7) is 5.56. The fourth-order valence-electron chi connectivity index (χ4n) is 0.695. The summed E-state index contributed by atoms with van der Waals surface area (Å²) >= 11 is 0. The molecule has 0 fully saturated rings. The smallest absolute Gasteiger partial charge is 0.237 e. The summed E-state index contributed by atoms with van der Waals surface area (Å²) in [5, 5.41) is 0. The molecule has 0 saturated heterocycles. The van der Waals surface area contributed by atoms with Crippen LogP contribution in [0.3, 0.4) is 0 Å². The minimum atomic E-state index is -3.22. The third-order valence-electron chi connectivity index (χ3n) is 1.77. The van der Waals surface area contributed by atoms with Gasteiger partial charge < -0.3 is 4.90 Å². The Hall–Kier alpha value is -0.580. The lowest BCUT2D eigenvalue weighted by atomic mass is 10.1. The Morgan fingerprint density at radius 3 is 1.92 bits per heavy atom. The van der Waals surface area contributed by atoms with Crippen LogP contribution in [0, 0.1) is 0 Å². The van der Waals surface area contributed by atoms with Crippen LogP contribution >= 0.6 is 0 Å². The van der Waals surface area contributed by atoms with Gasteiger partial charge in [-0.1, -0.05) is 0 Å². The molecule has 0 N–H and O–H groups in total. The van der Waals surface area contributed by atoms with Gasteiger partial charge in [-0.15, -0.1) is 0 Å². The first-order valence-corrected chi connectivity index (χ1v) is 6.04. The highest BCUT2D eigenvalue weighted by Gasteiger charge is 2.24. The van der Waals surface area contributed by atoms with Crippen LogP contribution in [0.25, 0.3) is 0 Å². The molecular weight excluding hydrogens is 190 g/mol. The van der Waals surface area contributed by atoms with Gasteiger partial charge in [0, 0.05) is 18.8 Å². The van der Waals surface area contributed by atoms with Crippen molar-refractivity contribution in [2.45, 2.75) is 26.3 Å². The lowest BCUT2D eigenvalue weighted by Crippen LogP contribution is -2.44. The normalized spacial score (nSPS) is 12.7. The summed E-state index contributed by atoms with van der Waals surface area (Å²) in [6.07, 6.45) is 1.06. The maximum atomic E-state index is 11.4. The molecule has 0 spiro atoms. The third kappa shape index (κ3) is 4.87. The van der Waals surface area contributed by atoms with Crippen molar-refractivity contribution in [2.75, 3.05) is 19.1 Å². The summed E-state index contributed by atoms with van der Waals surface area (Å²) in [7, 11) is -1.62. The maximum absolute atomic E-state index is 11.4. The van der Waals surface area contributed by atoms with Gasteiger partial charge >= 0.3 is 0 Å². The standard InChI is InChI=1S/C8H17NO3S/c1-8(2,3)9(4)7(10)6-13(5,11)12/h6H2,1-5H3. The van der Waals surface area contributed by atoms with Crippen LogP contribution in [-0.4, -0.2) is 43.8 Å². The van der Waals surface area contributed by atoms with Gasteiger partial charge in [0.1, 0.15) is 5.75 Å². The molecule has 0 bridgehead atoms. The van der Waals surface area contributed by atoms with Crippen molar-refractivity contribution in [1.82, 2.24) is 4.90 Å². The summed E-state index contributed by atoms with van der Waals surface area (Å²) in [4.78, 5) is 12.8. The minimum Gasteiger partial charge on any atom is -0.340 e. The zero-order valence-electron chi connectivity index (χ0n) is 8.79. The van der Waals surface area contributed by atoms with Crippen LogP contribution in [-0.2, 0) is 14.6 Å². The molecule has 0 aromatic heterocycles. The molecule has 0 aliphatic rings. The molecule has 0 aliphatic carbocycles. The molecule has 78 valence electrons. The Labute approximate surface area is 79.8 Å². The zero-order valence-corrected chi connectivity index (χ0v) is 9.60. The number of carbonyl (C=O) groups excluding carboxylic acids is 1. The lowest BCUT2D eigenvalue weighted by molar-refractivity contribution is -0.131. The van der Waals surface area contributed by atoms with Crippen LogP contribution in [0.5, 0.6) is 0 Å². The van der Waals surface area contributed by atoms with Gasteiger partial charge in [-0.3, -0.25) is 4.79 Å². The summed E-state index contributed by atoms with van der Waals surface area (Å²) in [6, 6.07) is 0. The van der Waals surface area contributed by atoms with Gasteiger partial charge in [0.2, 0.25) is 5.91 Å². The molecular formula is C8H17NO3S. The number of hydrogen-bond donors (Lipinski definition) is 0. The molecule has 0 saturated carbocycles. The molecule has 4 nitrogen and oxygen atoms in total. The van der Waals surface area contributed by atoms with Crippen molar-refractivity contribution in [2.24, 2.45) is 0 Å². The number of hydrogen-bond acceptors (Lipinski definition) is 3. The van der Waals surface area contributed by atoms with Crippen molar-refractivity contribution in [3.8, 4) is 0 Å². The molecule has 13 heavy (non-hydrogen) atoms. The number of sulfone groups is 1. The SMILES string of the molecule is CN(C(=O)CS(C)(=O)=O)C(C)(C)C. The van der Waals surface area contributed by atoms with E-state index >= 15 is 0 Å². The van der Waals surface area contributed by atoms with Crippen molar-refractivity contribution >= 4 is 15.7 Å². The summed E-state index contributed by atoms with van der Waals surface area (Å²) in [5.74, 6) is -0.782. The van der Waals surface area contributed by atoms with E-state index in [2.05, 4.69) is 0 Å². The van der Waals surface area contributed by atoms with E-state index in [1.165, 1.54) is 4.90 Å². The monoisotopic (exact) mass is 207 g/mol. The van der Waals surface area contributed by atoms with E-state index in [1.807, 2.05) is 20.8 Å². The van der Waals surface area contributed by atoms with Gasteiger partial charge in [0.15, 0.2) is 9.84 Å². The fraction of sp³-hybridized carbons (Fsp3) is 0.875. The average Bonchev–Trinajstić information content (AvgIpc) is 1.79. The average molecular weight is 207 g/mol. The Kier molecular flexibility index (Phi) is 3.49. The molecule has 0 unspecified atom stereocenters. The van der Waals surface area contributed by atoms with Crippen LogP contribution in [0.2, 0.25) is 0 Å². The Morgan fingerprint density at radius 1 is 1.31 bits per heavy atom. The van der Waals surface area contributed by atoms with E-state index in [9.17, 15) is 13.2 Å². The van der Waals surface area contributed by atoms with E-state index in [1.54, 1.807) is 7.05 Å². The van der Waals surface area contributed by atoms with Crippen LogP contribution in [0.15, 0.2) is 0 Å². The molecule has 5 heteroatoms. The highest BCUT2D eigenvalue weighted by Crippen LogP contribution is 2.10.